The van der Waals surface area contributed by atoms with E-state index in [4.69, 9.17) is 19.4 Å². The van der Waals surface area contributed by atoms with Crippen LogP contribution >= 0.6 is 11.3 Å². The molecule has 4 nitrogen and oxygen atoms in total. The number of allylic oxidation sites excluding steroid dienone is 5. The van der Waals surface area contributed by atoms with Gasteiger partial charge in [0.1, 0.15) is 11.2 Å². The number of rotatable bonds is 9. The summed E-state index contributed by atoms with van der Waals surface area (Å²) in [7, 11) is 0. The van der Waals surface area contributed by atoms with Crippen molar-refractivity contribution in [2.75, 3.05) is 0 Å². The van der Waals surface area contributed by atoms with Crippen molar-refractivity contribution in [1.29, 1.82) is 0 Å². The first kappa shape index (κ1) is 34.8. The van der Waals surface area contributed by atoms with Crippen LogP contribution in [-0.4, -0.2) is 15.0 Å². The Morgan fingerprint density at radius 3 is 2.12 bits per heavy atom. The minimum absolute atomic E-state index is 0.604. The molecule has 0 saturated carbocycles. The third kappa shape index (κ3) is 6.59. The highest BCUT2D eigenvalue weighted by Crippen LogP contribution is 2.40. The summed E-state index contributed by atoms with van der Waals surface area (Å²) in [5.41, 5.74) is 9.86. The lowest BCUT2D eigenvalue weighted by Crippen LogP contribution is -2.00. The molecule has 6 aromatic carbocycles. The first-order chi connectivity index (χ1) is 27.4. The van der Waals surface area contributed by atoms with Gasteiger partial charge in [0, 0.05) is 42.4 Å². The van der Waals surface area contributed by atoms with E-state index in [2.05, 4.69) is 118 Å². The van der Waals surface area contributed by atoms with E-state index in [1.165, 1.54) is 20.3 Å². The number of nitrogens with zero attached hydrogens (tertiary/aromatic N) is 3. The minimum Gasteiger partial charge on any atom is -0.456 e. The SMILES string of the molecule is C=C/C=C\c1cc2ccccc2cc1/C=C\C(=C)/C(C)=C/c1c(C)sc2cccc(-c3nc(-c4ccccc4)nc(-c4ccc5oc6ccccc6c5c4)n3)c12. The van der Waals surface area contributed by atoms with Crippen LogP contribution in [0, 0.1) is 6.92 Å². The molecule has 0 aliphatic heterocycles. The molecular weight excluding hydrogens is 703 g/mol. The van der Waals surface area contributed by atoms with Crippen LogP contribution in [0.3, 0.4) is 0 Å². The van der Waals surface area contributed by atoms with Crippen LogP contribution in [0.2, 0.25) is 0 Å². The van der Waals surface area contributed by atoms with Gasteiger partial charge in [-0.05, 0) is 101 Å². The molecule has 0 fully saturated rings. The van der Waals surface area contributed by atoms with E-state index in [0.717, 1.165) is 71.9 Å². The molecule has 56 heavy (non-hydrogen) atoms. The van der Waals surface area contributed by atoms with Crippen LogP contribution in [0.1, 0.15) is 28.5 Å². The van der Waals surface area contributed by atoms with E-state index < -0.39 is 0 Å². The van der Waals surface area contributed by atoms with Gasteiger partial charge in [0.15, 0.2) is 17.5 Å². The molecular formula is C51H37N3OS. The summed E-state index contributed by atoms with van der Waals surface area (Å²) < 4.78 is 7.31. The van der Waals surface area contributed by atoms with Crippen molar-refractivity contribution in [2.24, 2.45) is 0 Å². The highest BCUT2D eigenvalue weighted by atomic mass is 32.1. The average Bonchev–Trinajstić information content (AvgIpc) is 3.77. The number of furan rings is 1. The molecule has 9 rings (SSSR count). The van der Waals surface area contributed by atoms with Gasteiger partial charge in [-0.3, -0.25) is 0 Å². The zero-order chi connectivity index (χ0) is 38.2. The topological polar surface area (TPSA) is 51.8 Å². The van der Waals surface area contributed by atoms with Crippen molar-refractivity contribution in [3.8, 4) is 34.2 Å². The zero-order valence-electron chi connectivity index (χ0n) is 31.2. The van der Waals surface area contributed by atoms with Crippen molar-refractivity contribution in [3.05, 3.63) is 191 Å². The van der Waals surface area contributed by atoms with E-state index in [1.54, 1.807) is 17.4 Å². The fraction of sp³-hybridized carbons (Fsp3) is 0.0392. The quantitative estimate of drug-likeness (QED) is 0.138. The smallest absolute Gasteiger partial charge is 0.164 e. The molecule has 0 aliphatic rings. The molecule has 0 radical (unpaired) electrons. The number of hydrogen-bond donors (Lipinski definition) is 0. The van der Waals surface area contributed by atoms with Crippen molar-refractivity contribution >= 4 is 72.4 Å². The maximum Gasteiger partial charge on any atom is 0.164 e. The standard InChI is InChI=1S/C51H37N3OS/c1-5-6-15-36-29-37-18-10-11-19-38(37)30-39(36)25-24-32(2)33(3)28-43-34(4)56-47-23-14-21-42(48(43)47)51-53-49(35-16-8-7-9-17-35)52-50(54-51)40-26-27-46-44(31-40)41-20-12-13-22-45(41)55-46/h5-31H,1-2H2,3-4H3/b15-6-,25-24-,33-28+. The zero-order valence-corrected chi connectivity index (χ0v) is 32.0. The molecule has 0 atom stereocenters. The second kappa shape index (κ2) is 14.7. The summed E-state index contributed by atoms with van der Waals surface area (Å²) in [5.74, 6) is 1.85. The monoisotopic (exact) mass is 739 g/mol. The number of aryl methyl sites for hydroxylation is 1. The number of thiophene rings is 1. The molecule has 5 heteroatoms. The Morgan fingerprint density at radius 1 is 0.661 bits per heavy atom. The first-order valence-electron chi connectivity index (χ1n) is 18.6. The van der Waals surface area contributed by atoms with Crippen LogP contribution in [0.4, 0.5) is 0 Å². The Morgan fingerprint density at radius 2 is 1.34 bits per heavy atom. The van der Waals surface area contributed by atoms with Crippen LogP contribution in [-0.2, 0) is 0 Å². The van der Waals surface area contributed by atoms with Crippen molar-refractivity contribution < 1.29 is 4.42 Å². The van der Waals surface area contributed by atoms with E-state index in [9.17, 15) is 0 Å². The van der Waals surface area contributed by atoms with Crippen LogP contribution < -0.4 is 0 Å². The number of aromatic nitrogens is 3. The molecule has 3 aromatic heterocycles. The van der Waals surface area contributed by atoms with E-state index >= 15 is 0 Å². The summed E-state index contributed by atoms with van der Waals surface area (Å²) in [6, 6.07) is 43.6. The molecule has 0 unspecified atom stereocenters. The minimum atomic E-state index is 0.604. The molecule has 0 N–H and O–H groups in total. The van der Waals surface area contributed by atoms with Gasteiger partial charge in [-0.15, -0.1) is 11.3 Å². The molecule has 3 heterocycles. The lowest BCUT2D eigenvalue weighted by Gasteiger charge is -2.10. The predicted octanol–water partition coefficient (Wildman–Crippen LogP) is 14.3. The summed E-state index contributed by atoms with van der Waals surface area (Å²) in [4.78, 5) is 16.6. The summed E-state index contributed by atoms with van der Waals surface area (Å²) >= 11 is 1.78. The highest BCUT2D eigenvalue weighted by Gasteiger charge is 2.19. The Balaban J connectivity index is 1.14. The van der Waals surface area contributed by atoms with Gasteiger partial charge in [0.25, 0.3) is 0 Å². The van der Waals surface area contributed by atoms with Gasteiger partial charge in [-0.25, -0.2) is 15.0 Å². The third-order valence-electron chi connectivity index (χ3n) is 10.2. The van der Waals surface area contributed by atoms with Crippen molar-refractivity contribution in [2.45, 2.75) is 13.8 Å². The largest absolute Gasteiger partial charge is 0.456 e. The fourth-order valence-corrected chi connectivity index (χ4v) is 8.29. The Hall–Kier alpha value is -6.95. The van der Waals surface area contributed by atoms with Crippen molar-refractivity contribution in [1.82, 2.24) is 15.0 Å². The van der Waals surface area contributed by atoms with Crippen LogP contribution in [0.15, 0.2) is 174 Å². The normalized spacial score (nSPS) is 12.2. The van der Waals surface area contributed by atoms with E-state index in [1.807, 2.05) is 66.7 Å². The number of para-hydroxylation sites is 1. The number of fused-ring (bicyclic) bond motifs is 5. The van der Waals surface area contributed by atoms with Gasteiger partial charge in [-0.1, -0.05) is 128 Å². The van der Waals surface area contributed by atoms with Crippen LogP contribution in [0.25, 0.3) is 95.2 Å². The third-order valence-corrected chi connectivity index (χ3v) is 11.3. The Kier molecular flexibility index (Phi) is 9.14. The van der Waals surface area contributed by atoms with Gasteiger partial charge in [0.2, 0.25) is 0 Å². The molecule has 268 valence electrons. The van der Waals surface area contributed by atoms with Crippen molar-refractivity contribution in [3.63, 3.8) is 0 Å². The molecule has 0 bridgehead atoms. The fourth-order valence-electron chi connectivity index (χ4n) is 7.22. The second-order valence-corrected chi connectivity index (χ2v) is 15.1. The lowest BCUT2D eigenvalue weighted by atomic mass is 9.97. The highest BCUT2D eigenvalue weighted by molar-refractivity contribution is 7.19. The first-order valence-corrected chi connectivity index (χ1v) is 19.4. The Labute approximate surface area is 329 Å². The van der Waals surface area contributed by atoms with Gasteiger partial charge >= 0.3 is 0 Å². The van der Waals surface area contributed by atoms with Gasteiger partial charge in [0.05, 0.1) is 0 Å². The Bertz CT molecular complexity index is 3090. The lowest BCUT2D eigenvalue weighted by molar-refractivity contribution is 0.669. The maximum atomic E-state index is 6.14. The second-order valence-electron chi connectivity index (χ2n) is 13.8. The molecule has 0 saturated heterocycles. The molecule has 0 amide bonds. The summed E-state index contributed by atoms with van der Waals surface area (Å²) in [6.07, 6.45) is 12.4. The molecule has 0 aliphatic carbocycles. The van der Waals surface area contributed by atoms with Crippen LogP contribution in [0.5, 0.6) is 0 Å². The molecule has 0 spiro atoms. The summed E-state index contributed by atoms with van der Waals surface area (Å²) in [5, 5.41) is 5.60. The predicted molar refractivity (Wildman–Crippen MR) is 239 cm³/mol. The van der Waals surface area contributed by atoms with E-state index in [0.29, 0.717) is 17.5 Å². The van der Waals surface area contributed by atoms with Gasteiger partial charge in [-0.2, -0.15) is 0 Å². The van der Waals surface area contributed by atoms with Gasteiger partial charge < -0.3 is 4.42 Å². The number of benzene rings is 6. The van der Waals surface area contributed by atoms with E-state index in [-0.39, 0.29) is 0 Å². The summed E-state index contributed by atoms with van der Waals surface area (Å²) in [6.45, 7) is 12.7. The molecule has 9 aromatic rings. The average molecular weight is 740 g/mol. The number of hydrogen-bond acceptors (Lipinski definition) is 5. The maximum absolute atomic E-state index is 6.14.